The normalized spacial score (nSPS) is 11.4. The van der Waals surface area contributed by atoms with Gasteiger partial charge in [0.15, 0.2) is 6.61 Å². The van der Waals surface area contributed by atoms with Gasteiger partial charge in [0.05, 0.1) is 10.6 Å². The molecule has 0 spiro atoms. The van der Waals surface area contributed by atoms with Gasteiger partial charge in [-0.1, -0.05) is 41.4 Å². The molecule has 27 heavy (non-hydrogen) atoms. The van der Waals surface area contributed by atoms with Gasteiger partial charge in [0, 0.05) is 10.7 Å². The molecule has 1 atom stereocenters. The van der Waals surface area contributed by atoms with Crippen molar-refractivity contribution in [2.75, 3.05) is 11.9 Å². The Morgan fingerprint density at radius 1 is 1.04 bits per heavy atom. The molecule has 6 nitrogen and oxygen atoms in total. The Morgan fingerprint density at radius 3 is 2.41 bits per heavy atom. The summed E-state index contributed by atoms with van der Waals surface area (Å²) in [6, 6.07) is 10.6. The molecule has 8 heteroatoms. The lowest BCUT2D eigenvalue weighted by molar-refractivity contribution is -0.148. The Hall–Kier alpha value is -2.57. The Kier molecular flexibility index (Phi) is 7.21. The maximum Gasteiger partial charge on any atom is 0.328 e. The fraction of sp³-hybridized carbons (Fsp3) is 0.211. The fourth-order valence-corrected chi connectivity index (χ4v) is 2.57. The summed E-state index contributed by atoms with van der Waals surface area (Å²) >= 11 is 11.9. The molecule has 0 aromatic heterocycles. The standard InChI is InChI=1S/C19H18Cl2N2O4/c1-11-14(20)8-5-9-16(11)23-17(24)10-27-19(26)12(2)22-18(25)13-6-3-4-7-15(13)21/h3-9,12H,10H2,1-2H3,(H,22,25)(H,23,24)/t12-/m0/s1. The Morgan fingerprint density at radius 2 is 1.70 bits per heavy atom. The number of halogens is 2. The van der Waals surface area contributed by atoms with Gasteiger partial charge in [0.1, 0.15) is 6.04 Å². The average Bonchev–Trinajstić information content (AvgIpc) is 2.63. The zero-order valence-corrected chi connectivity index (χ0v) is 16.2. The van der Waals surface area contributed by atoms with Gasteiger partial charge in [-0.25, -0.2) is 4.79 Å². The van der Waals surface area contributed by atoms with E-state index in [2.05, 4.69) is 10.6 Å². The predicted molar refractivity (Wildman–Crippen MR) is 104 cm³/mol. The van der Waals surface area contributed by atoms with Gasteiger partial charge in [0.25, 0.3) is 11.8 Å². The molecule has 0 radical (unpaired) electrons. The molecule has 0 aliphatic heterocycles. The Labute approximate surface area is 166 Å². The molecule has 0 bridgehead atoms. The van der Waals surface area contributed by atoms with Crippen molar-refractivity contribution in [1.82, 2.24) is 5.32 Å². The minimum atomic E-state index is -0.950. The summed E-state index contributed by atoms with van der Waals surface area (Å²) in [5.74, 6) is -1.77. The van der Waals surface area contributed by atoms with Crippen molar-refractivity contribution in [1.29, 1.82) is 0 Å². The number of hydrogen-bond donors (Lipinski definition) is 2. The van der Waals surface area contributed by atoms with Gasteiger partial charge in [0.2, 0.25) is 0 Å². The molecule has 0 saturated heterocycles. The molecule has 2 N–H and O–H groups in total. The second-order valence-corrected chi connectivity index (χ2v) is 6.56. The van der Waals surface area contributed by atoms with Crippen LogP contribution in [0.4, 0.5) is 5.69 Å². The number of carbonyl (C=O) groups is 3. The van der Waals surface area contributed by atoms with Crippen molar-refractivity contribution in [2.45, 2.75) is 19.9 Å². The highest BCUT2D eigenvalue weighted by atomic mass is 35.5. The first-order chi connectivity index (χ1) is 12.8. The van der Waals surface area contributed by atoms with Crippen molar-refractivity contribution >= 4 is 46.7 Å². The number of ether oxygens (including phenoxy) is 1. The van der Waals surface area contributed by atoms with E-state index in [1.165, 1.54) is 13.0 Å². The van der Waals surface area contributed by atoms with E-state index in [1.807, 2.05) is 0 Å². The number of nitrogens with one attached hydrogen (secondary N) is 2. The van der Waals surface area contributed by atoms with Crippen LogP contribution in [-0.2, 0) is 14.3 Å². The Balaban J connectivity index is 1.85. The molecule has 0 unspecified atom stereocenters. The van der Waals surface area contributed by atoms with E-state index in [1.54, 1.807) is 43.3 Å². The maximum atomic E-state index is 12.1. The lowest BCUT2D eigenvalue weighted by Gasteiger charge is -2.14. The molecule has 142 valence electrons. The van der Waals surface area contributed by atoms with Gasteiger partial charge < -0.3 is 15.4 Å². The lowest BCUT2D eigenvalue weighted by atomic mass is 10.2. The summed E-state index contributed by atoms with van der Waals surface area (Å²) in [6.45, 7) is 2.73. The molecule has 2 aromatic rings. The third-order valence-corrected chi connectivity index (χ3v) is 4.45. The molecule has 0 heterocycles. The number of hydrogen-bond acceptors (Lipinski definition) is 4. The van der Waals surface area contributed by atoms with Crippen LogP contribution in [0.25, 0.3) is 0 Å². The fourth-order valence-electron chi connectivity index (χ4n) is 2.17. The quantitative estimate of drug-likeness (QED) is 0.714. The van der Waals surface area contributed by atoms with Crippen LogP contribution < -0.4 is 10.6 Å². The monoisotopic (exact) mass is 408 g/mol. The molecular formula is C19H18Cl2N2O4. The summed E-state index contributed by atoms with van der Waals surface area (Å²) in [4.78, 5) is 36.1. The first-order valence-electron chi connectivity index (χ1n) is 8.06. The molecule has 0 fully saturated rings. The molecule has 2 aromatic carbocycles. The molecule has 0 aliphatic rings. The predicted octanol–water partition coefficient (Wildman–Crippen LogP) is 3.60. The van der Waals surface area contributed by atoms with Crippen molar-refractivity contribution in [3.8, 4) is 0 Å². The van der Waals surface area contributed by atoms with E-state index >= 15 is 0 Å². The van der Waals surface area contributed by atoms with E-state index in [-0.39, 0.29) is 10.6 Å². The second kappa shape index (κ2) is 9.39. The zero-order chi connectivity index (χ0) is 20.0. The molecule has 0 saturated carbocycles. The topological polar surface area (TPSA) is 84.5 Å². The summed E-state index contributed by atoms with van der Waals surface area (Å²) in [7, 11) is 0. The molecule has 2 rings (SSSR count). The number of carbonyl (C=O) groups excluding carboxylic acids is 3. The molecule has 0 aliphatic carbocycles. The number of anilines is 1. The second-order valence-electron chi connectivity index (χ2n) is 5.74. The van der Waals surface area contributed by atoms with Gasteiger partial charge in [-0.15, -0.1) is 0 Å². The summed E-state index contributed by atoms with van der Waals surface area (Å²) in [6.07, 6.45) is 0. The third kappa shape index (κ3) is 5.70. The van der Waals surface area contributed by atoms with E-state index in [9.17, 15) is 14.4 Å². The van der Waals surface area contributed by atoms with Crippen LogP contribution >= 0.6 is 23.2 Å². The highest BCUT2D eigenvalue weighted by Gasteiger charge is 2.20. The van der Waals surface area contributed by atoms with Crippen LogP contribution in [0.5, 0.6) is 0 Å². The largest absolute Gasteiger partial charge is 0.454 e. The van der Waals surface area contributed by atoms with Crippen LogP contribution in [0.3, 0.4) is 0 Å². The minimum Gasteiger partial charge on any atom is -0.454 e. The number of benzene rings is 2. The van der Waals surface area contributed by atoms with Crippen molar-refractivity contribution < 1.29 is 19.1 Å². The highest BCUT2D eigenvalue weighted by Crippen LogP contribution is 2.22. The first-order valence-corrected chi connectivity index (χ1v) is 8.82. The number of esters is 1. The van der Waals surface area contributed by atoms with Gasteiger partial charge in [-0.3, -0.25) is 9.59 Å². The van der Waals surface area contributed by atoms with E-state index in [0.29, 0.717) is 16.3 Å². The first kappa shape index (κ1) is 20.7. The summed E-state index contributed by atoms with van der Waals surface area (Å²) in [5.41, 5.74) is 1.48. The Bertz CT molecular complexity index is 871. The van der Waals surface area contributed by atoms with Crippen molar-refractivity contribution in [3.05, 3.63) is 63.6 Å². The van der Waals surface area contributed by atoms with Crippen LogP contribution in [0.1, 0.15) is 22.8 Å². The molecule has 2 amide bonds. The van der Waals surface area contributed by atoms with Crippen LogP contribution in [0, 0.1) is 6.92 Å². The average molecular weight is 409 g/mol. The van der Waals surface area contributed by atoms with Crippen LogP contribution in [0.2, 0.25) is 10.0 Å². The zero-order valence-electron chi connectivity index (χ0n) is 14.7. The smallest absolute Gasteiger partial charge is 0.328 e. The number of rotatable bonds is 6. The SMILES string of the molecule is Cc1c(Cl)cccc1NC(=O)COC(=O)[C@H](C)NC(=O)c1ccccc1Cl. The third-order valence-electron chi connectivity index (χ3n) is 3.71. The maximum absolute atomic E-state index is 12.1. The van der Waals surface area contributed by atoms with Crippen molar-refractivity contribution in [3.63, 3.8) is 0 Å². The van der Waals surface area contributed by atoms with E-state index in [0.717, 1.165) is 0 Å². The van der Waals surface area contributed by atoms with Gasteiger partial charge >= 0.3 is 5.97 Å². The summed E-state index contributed by atoms with van der Waals surface area (Å²) < 4.78 is 4.94. The lowest BCUT2D eigenvalue weighted by Crippen LogP contribution is -2.40. The van der Waals surface area contributed by atoms with Gasteiger partial charge in [-0.2, -0.15) is 0 Å². The van der Waals surface area contributed by atoms with Crippen LogP contribution in [0.15, 0.2) is 42.5 Å². The minimum absolute atomic E-state index is 0.244. The van der Waals surface area contributed by atoms with Crippen LogP contribution in [-0.4, -0.2) is 30.4 Å². The van der Waals surface area contributed by atoms with Gasteiger partial charge in [-0.05, 0) is 43.7 Å². The summed E-state index contributed by atoms with van der Waals surface area (Å²) in [5, 5.41) is 5.88. The number of amides is 2. The van der Waals surface area contributed by atoms with E-state index < -0.39 is 30.4 Å². The van der Waals surface area contributed by atoms with E-state index in [4.69, 9.17) is 27.9 Å². The van der Waals surface area contributed by atoms with Crippen molar-refractivity contribution in [2.24, 2.45) is 0 Å². The molecular weight excluding hydrogens is 391 g/mol. The highest BCUT2D eigenvalue weighted by molar-refractivity contribution is 6.33.